The van der Waals surface area contributed by atoms with E-state index in [1.165, 1.54) is 5.56 Å². The third-order valence-corrected chi connectivity index (χ3v) is 2.46. The molecule has 2 heteroatoms. The van der Waals surface area contributed by atoms with E-state index in [1.807, 2.05) is 6.07 Å². The van der Waals surface area contributed by atoms with E-state index in [0.717, 1.165) is 6.42 Å². The molecule has 0 aliphatic heterocycles. The van der Waals surface area contributed by atoms with Crippen LogP contribution in [0.3, 0.4) is 0 Å². The Balaban J connectivity index is 0.00000196. The van der Waals surface area contributed by atoms with E-state index in [9.17, 15) is 0 Å². The molecule has 1 nitrogen and oxygen atoms in total. The van der Waals surface area contributed by atoms with Crippen LogP contribution in [0.4, 0.5) is 0 Å². The maximum atomic E-state index is 5.19. The Labute approximate surface area is 98.5 Å². The molecular formula is C13H18ClN. The first-order chi connectivity index (χ1) is 6.75. The van der Waals surface area contributed by atoms with Crippen LogP contribution < -0.4 is 5.73 Å². The molecule has 0 spiro atoms. The van der Waals surface area contributed by atoms with Gasteiger partial charge in [0.1, 0.15) is 0 Å². The van der Waals surface area contributed by atoms with Gasteiger partial charge in [0, 0.05) is 12.5 Å². The van der Waals surface area contributed by atoms with E-state index in [-0.39, 0.29) is 12.4 Å². The minimum atomic E-state index is 0. The molecule has 0 saturated heterocycles. The lowest BCUT2D eigenvalue weighted by atomic mass is 9.86. The maximum absolute atomic E-state index is 5.19. The molecule has 0 aromatic heterocycles. The van der Waals surface area contributed by atoms with E-state index < -0.39 is 0 Å². The summed E-state index contributed by atoms with van der Waals surface area (Å²) in [5, 5.41) is 0. The summed E-state index contributed by atoms with van der Waals surface area (Å²) < 4.78 is 0. The standard InChI is InChI=1S/C13H17N.ClH/c1-11(2)13(9-6-10-14)12-7-4-3-5-8-12;/h3-5,7-8,11,13H,9,14H2,1-2H3;1H. The van der Waals surface area contributed by atoms with Crippen LogP contribution in [0, 0.1) is 17.9 Å². The highest BCUT2D eigenvalue weighted by molar-refractivity contribution is 5.85. The SMILES string of the molecule is CC(C)C(CC#CN)c1ccccc1.Cl. The van der Waals surface area contributed by atoms with Crippen LogP contribution in [0.5, 0.6) is 0 Å². The summed E-state index contributed by atoms with van der Waals surface area (Å²) in [5.74, 6) is 4.04. The Morgan fingerprint density at radius 2 is 1.80 bits per heavy atom. The zero-order valence-corrected chi connectivity index (χ0v) is 10.1. The van der Waals surface area contributed by atoms with Crippen LogP contribution in [0.2, 0.25) is 0 Å². The molecule has 1 unspecified atom stereocenters. The topological polar surface area (TPSA) is 26.0 Å². The van der Waals surface area contributed by atoms with Gasteiger partial charge in [0.15, 0.2) is 0 Å². The number of hydrogen-bond donors (Lipinski definition) is 1. The average molecular weight is 224 g/mol. The molecule has 0 bridgehead atoms. The summed E-state index contributed by atoms with van der Waals surface area (Å²) in [6.07, 6.45) is 0.845. The molecule has 0 saturated carbocycles. The Morgan fingerprint density at radius 1 is 1.20 bits per heavy atom. The van der Waals surface area contributed by atoms with Gasteiger partial charge >= 0.3 is 0 Å². The van der Waals surface area contributed by atoms with Crippen molar-refractivity contribution in [2.75, 3.05) is 0 Å². The first-order valence-corrected chi connectivity index (χ1v) is 4.99. The third-order valence-electron chi connectivity index (χ3n) is 2.46. The van der Waals surface area contributed by atoms with Crippen LogP contribution >= 0.6 is 12.4 Å². The van der Waals surface area contributed by atoms with Crippen molar-refractivity contribution in [2.24, 2.45) is 11.7 Å². The van der Waals surface area contributed by atoms with Gasteiger partial charge in [-0.25, -0.2) is 0 Å². The van der Waals surface area contributed by atoms with Gasteiger partial charge in [0.05, 0.1) is 0 Å². The normalized spacial score (nSPS) is 11.1. The molecule has 0 aliphatic carbocycles. The fourth-order valence-electron chi connectivity index (χ4n) is 1.61. The lowest BCUT2D eigenvalue weighted by Gasteiger charge is -2.18. The molecule has 1 aromatic rings. The quantitative estimate of drug-likeness (QED) is 0.618. The highest BCUT2D eigenvalue weighted by atomic mass is 35.5. The Kier molecular flexibility index (Phi) is 6.66. The third kappa shape index (κ3) is 4.27. The van der Waals surface area contributed by atoms with Crippen molar-refractivity contribution in [3.63, 3.8) is 0 Å². The van der Waals surface area contributed by atoms with Gasteiger partial charge in [-0.1, -0.05) is 50.1 Å². The predicted octanol–water partition coefficient (Wildman–Crippen LogP) is 3.16. The molecule has 0 radical (unpaired) electrons. The molecule has 1 aromatic carbocycles. The van der Waals surface area contributed by atoms with Crippen molar-refractivity contribution in [2.45, 2.75) is 26.2 Å². The monoisotopic (exact) mass is 223 g/mol. The summed E-state index contributed by atoms with van der Waals surface area (Å²) in [5.41, 5.74) is 6.55. The molecule has 82 valence electrons. The van der Waals surface area contributed by atoms with Crippen molar-refractivity contribution >= 4 is 12.4 Å². The van der Waals surface area contributed by atoms with E-state index >= 15 is 0 Å². The Morgan fingerprint density at radius 3 is 2.27 bits per heavy atom. The number of halogens is 1. The molecule has 15 heavy (non-hydrogen) atoms. The summed E-state index contributed by atoms with van der Waals surface area (Å²) in [6.45, 7) is 4.44. The smallest absolute Gasteiger partial charge is 0.0178 e. The van der Waals surface area contributed by atoms with Crippen molar-refractivity contribution in [1.82, 2.24) is 0 Å². The Hall–Kier alpha value is -1.13. The maximum Gasteiger partial charge on any atom is 0.0178 e. The van der Waals surface area contributed by atoms with Gasteiger partial charge in [-0.2, -0.15) is 0 Å². The highest BCUT2D eigenvalue weighted by Gasteiger charge is 2.13. The van der Waals surface area contributed by atoms with Crippen molar-refractivity contribution in [1.29, 1.82) is 0 Å². The molecule has 2 N–H and O–H groups in total. The van der Waals surface area contributed by atoms with Gasteiger partial charge < -0.3 is 5.73 Å². The number of hydrogen-bond acceptors (Lipinski definition) is 1. The van der Waals surface area contributed by atoms with E-state index in [1.54, 1.807) is 0 Å². The summed E-state index contributed by atoms with van der Waals surface area (Å²) >= 11 is 0. The zero-order chi connectivity index (χ0) is 10.4. The first-order valence-electron chi connectivity index (χ1n) is 4.99. The van der Waals surface area contributed by atoms with Crippen LogP contribution in [-0.2, 0) is 0 Å². The second-order valence-electron chi connectivity index (χ2n) is 3.79. The highest BCUT2D eigenvalue weighted by Crippen LogP contribution is 2.26. The minimum Gasteiger partial charge on any atom is -0.359 e. The Bertz CT molecular complexity index is 321. The lowest BCUT2D eigenvalue weighted by molar-refractivity contribution is 0.507. The zero-order valence-electron chi connectivity index (χ0n) is 9.23. The van der Waals surface area contributed by atoms with Gasteiger partial charge in [-0.05, 0) is 17.4 Å². The second kappa shape index (κ2) is 7.20. The van der Waals surface area contributed by atoms with Crippen LogP contribution in [-0.4, -0.2) is 0 Å². The summed E-state index contributed by atoms with van der Waals surface area (Å²) in [6, 6.07) is 13.0. The number of rotatable bonds is 3. The second-order valence-corrected chi connectivity index (χ2v) is 3.79. The molecule has 0 fully saturated rings. The average Bonchev–Trinajstić information content (AvgIpc) is 2.19. The van der Waals surface area contributed by atoms with Gasteiger partial charge in [-0.15, -0.1) is 12.4 Å². The number of benzene rings is 1. The van der Waals surface area contributed by atoms with Crippen LogP contribution in [0.15, 0.2) is 30.3 Å². The summed E-state index contributed by atoms with van der Waals surface area (Å²) in [7, 11) is 0. The molecule has 0 heterocycles. The van der Waals surface area contributed by atoms with Crippen LogP contribution in [0.1, 0.15) is 31.7 Å². The molecule has 1 atom stereocenters. The molecule has 1 rings (SSSR count). The summed E-state index contributed by atoms with van der Waals surface area (Å²) in [4.78, 5) is 0. The van der Waals surface area contributed by atoms with Crippen molar-refractivity contribution < 1.29 is 0 Å². The largest absolute Gasteiger partial charge is 0.359 e. The molecule has 0 aliphatic rings. The molecular weight excluding hydrogens is 206 g/mol. The lowest BCUT2D eigenvalue weighted by Crippen LogP contribution is -2.05. The molecule has 0 amide bonds. The fraction of sp³-hybridized carbons (Fsp3) is 0.385. The van der Waals surface area contributed by atoms with Crippen molar-refractivity contribution in [3.05, 3.63) is 35.9 Å². The fourth-order valence-corrected chi connectivity index (χ4v) is 1.61. The number of nitrogens with two attached hydrogens (primary N) is 1. The van der Waals surface area contributed by atoms with E-state index in [0.29, 0.717) is 11.8 Å². The van der Waals surface area contributed by atoms with E-state index in [2.05, 4.69) is 50.1 Å². The van der Waals surface area contributed by atoms with Crippen LogP contribution in [0.25, 0.3) is 0 Å². The predicted molar refractivity (Wildman–Crippen MR) is 67.8 cm³/mol. The van der Waals surface area contributed by atoms with Gasteiger partial charge in [0.25, 0.3) is 0 Å². The van der Waals surface area contributed by atoms with Gasteiger partial charge in [0.2, 0.25) is 0 Å². The van der Waals surface area contributed by atoms with Gasteiger partial charge in [-0.3, -0.25) is 0 Å². The van der Waals surface area contributed by atoms with E-state index in [4.69, 9.17) is 5.73 Å². The minimum absolute atomic E-state index is 0. The first kappa shape index (κ1) is 13.9. The van der Waals surface area contributed by atoms with Crippen molar-refractivity contribution in [3.8, 4) is 12.0 Å².